The van der Waals surface area contributed by atoms with Crippen molar-refractivity contribution in [3.63, 3.8) is 0 Å². The zero-order chi connectivity index (χ0) is 18.4. The first-order chi connectivity index (χ1) is 12.4. The highest BCUT2D eigenvalue weighted by molar-refractivity contribution is 5.92. The van der Waals surface area contributed by atoms with Crippen LogP contribution in [0.1, 0.15) is 28.4 Å². The van der Waals surface area contributed by atoms with Crippen LogP contribution in [-0.2, 0) is 20.1 Å². The van der Waals surface area contributed by atoms with Crippen LogP contribution in [0.15, 0.2) is 12.3 Å². The van der Waals surface area contributed by atoms with E-state index in [2.05, 4.69) is 25.1 Å². The molecule has 9 nitrogen and oxygen atoms in total. The topological polar surface area (TPSA) is 85.0 Å². The van der Waals surface area contributed by atoms with Gasteiger partial charge in [0.25, 0.3) is 5.91 Å². The summed E-state index contributed by atoms with van der Waals surface area (Å²) in [6.07, 6.45) is 2.74. The molecular weight excluding hydrogens is 332 g/mol. The molecule has 9 heteroatoms. The van der Waals surface area contributed by atoms with Crippen LogP contribution in [0.2, 0.25) is 0 Å². The Morgan fingerprint density at radius 3 is 2.81 bits per heavy atom. The monoisotopic (exact) mass is 354 g/mol. The van der Waals surface area contributed by atoms with E-state index in [-0.39, 0.29) is 5.91 Å². The summed E-state index contributed by atoms with van der Waals surface area (Å²) in [5.41, 5.74) is 2.33. The van der Waals surface area contributed by atoms with Crippen molar-refractivity contribution in [2.45, 2.75) is 26.4 Å². The first-order valence-corrected chi connectivity index (χ1v) is 8.63. The van der Waals surface area contributed by atoms with E-state index in [4.69, 9.17) is 0 Å². The van der Waals surface area contributed by atoms with Gasteiger partial charge in [-0.2, -0.15) is 10.2 Å². The first-order valence-electron chi connectivity index (χ1n) is 8.63. The number of hydrogen-bond donors (Lipinski definition) is 0. The summed E-state index contributed by atoms with van der Waals surface area (Å²) in [7, 11) is 5.36. The van der Waals surface area contributed by atoms with E-state index in [1.807, 2.05) is 30.9 Å². The minimum atomic E-state index is -0.0790. The van der Waals surface area contributed by atoms with E-state index in [0.717, 1.165) is 47.9 Å². The maximum atomic E-state index is 12.2. The molecule has 0 spiro atoms. The largest absolute Gasteiger partial charge is 0.350 e. The van der Waals surface area contributed by atoms with Gasteiger partial charge in [-0.25, -0.2) is 9.97 Å². The molecule has 0 saturated heterocycles. The number of fused-ring (bicyclic) bond motifs is 2. The number of aryl methyl sites for hydroxylation is 3. The predicted octanol–water partition coefficient (Wildman–Crippen LogP) is 0.980. The number of amides is 1. The molecule has 0 radical (unpaired) electrons. The lowest BCUT2D eigenvalue weighted by atomic mass is 10.3. The van der Waals surface area contributed by atoms with Crippen LogP contribution in [0.4, 0.5) is 5.82 Å². The SMILES string of the molecule is Cc1nc(N2CCCn3nc(C(=O)N(C)C)cc3C2)c2cnn(C)c2n1. The number of rotatable bonds is 2. The molecule has 4 rings (SSSR count). The van der Waals surface area contributed by atoms with Gasteiger partial charge in [-0.1, -0.05) is 0 Å². The quantitative estimate of drug-likeness (QED) is 0.682. The van der Waals surface area contributed by atoms with Gasteiger partial charge in [0.05, 0.1) is 23.8 Å². The van der Waals surface area contributed by atoms with Crippen molar-refractivity contribution < 1.29 is 4.79 Å². The number of anilines is 1. The van der Waals surface area contributed by atoms with Crippen molar-refractivity contribution >= 4 is 22.8 Å². The Morgan fingerprint density at radius 1 is 1.23 bits per heavy atom. The van der Waals surface area contributed by atoms with Crippen LogP contribution in [0, 0.1) is 6.92 Å². The summed E-state index contributed by atoms with van der Waals surface area (Å²) >= 11 is 0. The fraction of sp³-hybridized carbons (Fsp3) is 0.471. The van der Waals surface area contributed by atoms with Crippen molar-refractivity contribution in [3.8, 4) is 0 Å². The van der Waals surface area contributed by atoms with Gasteiger partial charge in [-0.05, 0) is 19.4 Å². The van der Waals surface area contributed by atoms with Crippen molar-refractivity contribution in [3.05, 3.63) is 29.5 Å². The van der Waals surface area contributed by atoms with Crippen LogP contribution >= 0.6 is 0 Å². The summed E-state index contributed by atoms with van der Waals surface area (Å²) in [4.78, 5) is 25.2. The zero-order valence-electron chi connectivity index (χ0n) is 15.5. The molecule has 3 aromatic rings. The minimum Gasteiger partial charge on any atom is -0.350 e. The smallest absolute Gasteiger partial charge is 0.273 e. The molecule has 1 amide bonds. The normalized spacial score (nSPS) is 14.4. The van der Waals surface area contributed by atoms with Crippen LogP contribution in [0.25, 0.3) is 11.0 Å². The first kappa shape index (κ1) is 16.5. The number of carbonyl (C=O) groups is 1. The standard InChI is InChI=1S/C17H22N8O/c1-11-19-15-13(9-18-23(15)4)16(20-11)24-6-5-7-25-12(10-24)8-14(21-25)17(26)22(2)3/h8-9H,5-7,10H2,1-4H3. The molecule has 1 aliphatic rings. The van der Waals surface area contributed by atoms with Gasteiger partial charge in [0.2, 0.25) is 0 Å². The molecule has 0 aliphatic carbocycles. The third-order valence-corrected chi connectivity index (χ3v) is 4.62. The fourth-order valence-corrected chi connectivity index (χ4v) is 3.33. The van der Waals surface area contributed by atoms with E-state index in [0.29, 0.717) is 12.2 Å². The van der Waals surface area contributed by atoms with Crippen LogP contribution in [0.3, 0.4) is 0 Å². The Labute approximate surface area is 151 Å². The third kappa shape index (κ3) is 2.69. The number of carbonyl (C=O) groups excluding carboxylic acids is 1. The lowest BCUT2D eigenvalue weighted by molar-refractivity contribution is 0.0821. The lowest BCUT2D eigenvalue weighted by Crippen LogP contribution is -2.24. The van der Waals surface area contributed by atoms with E-state index < -0.39 is 0 Å². The summed E-state index contributed by atoms with van der Waals surface area (Å²) in [6, 6.07) is 1.88. The minimum absolute atomic E-state index is 0.0790. The summed E-state index contributed by atoms with van der Waals surface area (Å²) < 4.78 is 3.70. The Balaban J connectivity index is 1.73. The average molecular weight is 354 g/mol. The summed E-state index contributed by atoms with van der Waals surface area (Å²) in [5.74, 6) is 1.53. The highest BCUT2D eigenvalue weighted by Crippen LogP contribution is 2.26. The molecule has 4 heterocycles. The second kappa shape index (κ2) is 6.08. The van der Waals surface area contributed by atoms with Gasteiger partial charge in [0.15, 0.2) is 11.3 Å². The number of nitrogens with zero attached hydrogens (tertiary/aromatic N) is 8. The molecule has 0 atom stereocenters. The molecule has 0 N–H and O–H groups in total. The summed E-state index contributed by atoms with van der Waals surface area (Å²) in [5, 5.41) is 9.76. The Morgan fingerprint density at radius 2 is 2.04 bits per heavy atom. The third-order valence-electron chi connectivity index (χ3n) is 4.62. The number of hydrogen-bond acceptors (Lipinski definition) is 6. The molecular formula is C17H22N8O. The molecule has 0 unspecified atom stereocenters. The van der Waals surface area contributed by atoms with Crippen molar-refractivity contribution in [1.29, 1.82) is 0 Å². The van der Waals surface area contributed by atoms with E-state index in [1.54, 1.807) is 23.7 Å². The van der Waals surface area contributed by atoms with E-state index in [1.165, 1.54) is 0 Å². The zero-order valence-corrected chi connectivity index (χ0v) is 15.5. The highest BCUT2D eigenvalue weighted by atomic mass is 16.2. The average Bonchev–Trinajstić information content (AvgIpc) is 3.11. The molecule has 0 bridgehead atoms. The van der Waals surface area contributed by atoms with Gasteiger partial charge in [-0.15, -0.1) is 0 Å². The lowest BCUT2D eigenvalue weighted by Gasteiger charge is -2.22. The Kier molecular flexibility index (Phi) is 3.86. The fourth-order valence-electron chi connectivity index (χ4n) is 3.33. The molecule has 1 aliphatic heterocycles. The number of aromatic nitrogens is 6. The van der Waals surface area contributed by atoms with Gasteiger partial charge >= 0.3 is 0 Å². The van der Waals surface area contributed by atoms with E-state index in [9.17, 15) is 4.79 Å². The summed E-state index contributed by atoms with van der Waals surface area (Å²) in [6.45, 7) is 4.19. The molecule has 3 aromatic heterocycles. The molecule has 0 saturated carbocycles. The van der Waals surface area contributed by atoms with Crippen LogP contribution in [-0.4, -0.2) is 61.0 Å². The Bertz CT molecular complexity index is 986. The second-order valence-corrected chi connectivity index (χ2v) is 6.82. The maximum Gasteiger partial charge on any atom is 0.273 e. The van der Waals surface area contributed by atoms with Gasteiger partial charge in [0, 0.05) is 34.2 Å². The van der Waals surface area contributed by atoms with Gasteiger partial charge < -0.3 is 9.80 Å². The molecule has 0 fully saturated rings. The highest BCUT2D eigenvalue weighted by Gasteiger charge is 2.23. The van der Waals surface area contributed by atoms with E-state index >= 15 is 0 Å². The molecule has 26 heavy (non-hydrogen) atoms. The molecule has 136 valence electrons. The van der Waals surface area contributed by atoms with Gasteiger partial charge in [-0.3, -0.25) is 14.2 Å². The Hall–Kier alpha value is -2.97. The van der Waals surface area contributed by atoms with Crippen molar-refractivity contribution in [2.24, 2.45) is 7.05 Å². The second-order valence-electron chi connectivity index (χ2n) is 6.82. The van der Waals surface area contributed by atoms with Gasteiger partial charge in [0.1, 0.15) is 11.6 Å². The van der Waals surface area contributed by atoms with Crippen LogP contribution < -0.4 is 4.90 Å². The maximum absolute atomic E-state index is 12.2. The predicted molar refractivity (Wildman–Crippen MR) is 97.0 cm³/mol. The van der Waals surface area contributed by atoms with Crippen molar-refractivity contribution in [2.75, 3.05) is 25.5 Å². The molecule has 0 aromatic carbocycles. The van der Waals surface area contributed by atoms with Crippen LogP contribution in [0.5, 0.6) is 0 Å². The van der Waals surface area contributed by atoms with Crippen molar-refractivity contribution in [1.82, 2.24) is 34.4 Å².